The number of ketones is 1. The molecule has 0 spiro atoms. The molecule has 0 unspecified atom stereocenters. The standard InChI is InChI=1S/C27H19N3O3/c28-15-19-24(23-11-6-12-33-23)25-21(13-17(14-22(25)31)16-7-2-1-3-8-16)30-20-10-5-4-9-18(20)27(32)29-26(19)30/h1-12,17,24H,13-14H2,(H,29,32)/t17-,24-/m0/s1. The predicted molar refractivity (Wildman–Crippen MR) is 121 cm³/mol. The molecule has 33 heavy (non-hydrogen) atoms. The highest BCUT2D eigenvalue weighted by Crippen LogP contribution is 2.50. The number of para-hydroxylation sites is 1. The van der Waals surface area contributed by atoms with Crippen LogP contribution in [0.15, 0.2) is 100 Å². The quantitative estimate of drug-likeness (QED) is 0.630. The molecule has 6 heteroatoms. The zero-order valence-corrected chi connectivity index (χ0v) is 17.6. The van der Waals surface area contributed by atoms with Gasteiger partial charge in [0.1, 0.15) is 11.6 Å². The molecule has 3 heterocycles. The number of allylic oxidation sites excluding steroid dienone is 3. The normalized spacial score (nSPS) is 21.7. The first-order valence-electron chi connectivity index (χ1n) is 10.9. The summed E-state index contributed by atoms with van der Waals surface area (Å²) in [5.74, 6) is 0.000340. The highest BCUT2D eigenvalue weighted by Gasteiger charge is 2.46. The van der Waals surface area contributed by atoms with Crippen LogP contribution in [-0.4, -0.2) is 11.7 Å². The van der Waals surface area contributed by atoms with Crippen molar-refractivity contribution in [2.24, 2.45) is 0 Å². The Kier molecular flexibility index (Phi) is 4.30. The number of nitrogens with one attached hydrogen (secondary N) is 1. The molecule has 160 valence electrons. The molecule has 1 aromatic heterocycles. The predicted octanol–water partition coefficient (Wildman–Crippen LogP) is 4.76. The van der Waals surface area contributed by atoms with Crippen LogP contribution in [0.5, 0.6) is 0 Å². The van der Waals surface area contributed by atoms with E-state index in [-0.39, 0.29) is 17.6 Å². The van der Waals surface area contributed by atoms with Crippen molar-refractivity contribution in [3.8, 4) is 6.07 Å². The van der Waals surface area contributed by atoms with E-state index in [1.54, 1.807) is 18.2 Å². The molecule has 2 atom stereocenters. The van der Waals surface area contributed by atoms with Crippen LogP contribution in [0.4, 0.5) is 5.69 Å². The van der Waals surface area contributed by atoms with Gasteiger partial charge in [0.2, 0.25) is 0 Å². The monoisotopic (exact) mass is 433 g/mol. The lowest BCUT2D eigenvalue weighted by Gasteiger charge is -2.44. The van der Waals surface area contributed by atoms with Gasteiger partial charge in [-0.25, -0.2) is 0 Å². The number of nitrogens with zero attached hydrogens (tertiary/aromatic N) is 2. The van der Waals surface area contributed by atoms with E-state index >= 15 is 0 Å². The van der Waals surface area contributed by atoms with Crippen molar-refractivity contribution in [3.63, 3.8) is 0 Å². The molecule has 2 aliphatic heterocycles. The summed E-state index contributed by atoms with van der Waals surface area (Å²) < 4.78 is 5.69. The average molecular weight is 433 g/mol. The molecule has 2 aromatic carbocycles. The van der Waals surface area contributed by atoms with Crippen LogP contribution in [0.1, 0.15) is 46.4 Å². The number of hydrogen-bond acceptors (Lipinski definition) is 5. The van der Waals surface area contributed by atoms with Gasteiger partial charge in [0.05, 0.1) is 35.1 Å². The van der Waals surface area contributed by atoms with E-state index in [4.69, 9.17) is 4.42 Å². The number of furan rings is 1. The third-order valence-electron chi connectivity index (χ3n) is 6.65. The Bertz CT molecular complexity index is 1390. The van der Waals surface area contributed by atoms with Crippen molar-refractivity contribution in [3.05, 3.63) is 113 Å². The minimum atomic E-state index is -0.652. The number of hydrogen-bond donors (Lipinski definition) is 1. The summed E-state index contributed by atoms with van der Waals surface area (Å²) in [4.78, 5) is 28.5. The number of benzene rings is 2. The molecular weight excluding hydrogens is 414 g/mol. The molecule has 0 radical (unpaired) electrons. The number of Topliss-reactive ketones (excluding diaryl/α,β-unsaturated/α-hetero) is 1. The van der Waals surface area contributed by atoms with Crippen molar-refractivity contribution < 1.29 is 14.0 Å². The van der Waals surface area contributed by atoms with Gasteiger partial charge in [0.25, 0.3) is 5.91 Å². The first-order valence-corrected chi connectivity index (χ1v) is 10.9. The molecule has 6 rings (SSSR count). The summed E-state index contributed by atoms with van der Waals surface area (Å²) in [6, 6.07) is 23.1. The van der Waals surface area contributed by atoms with Gasteiger partial charge >= 0.3 is 0 Å². The lowest BCUT2D eigenvalue weighted by Crippen LogP contribution is -2.47. The van der Waals surface area contributed by atoms with E-state index in [1.165, 1.54) is 6.26 Å². The molecular formula is C27H19N3O3. The largest absolute Gasteiger partial charge is 0.468 e. The number of fused-ring (bicyclic) bond motifs is 4. The molecule has 3 aromatic rings. The molecule has 0 bridgehead atoms. The third-order valence-corrected chi connectivity index (χ3v) is 6.65. The summed E-state index contributed by atoms with van der Waals surface area (Å²) >= 11 is 0. The Hall–Kier alpha value is -4.37. The first kappa shape index (κ1) is 19.3. The molecule has 3 aliphatic rings. The van der Waals surface area contributed by atoms with Crippen LogP contribution in [-0.2, 0) is 4.79 Å². The summed E-state index contributed by atoms with van der Waals surface area (Å²) in [6.07, 6.45) is 2.50. The van der Waals surface area contributed by atoms with E-state index in [0.29, 0.717) is 46.8 Å². The van der Waals surface area contributed by atoms with Crippen LogP contribution in [0.3, 0.4) is 0 Å². The summed E-state index contributed by atoms with van der Waals surface area (Å²) in [7, 11) is 0. The molecule has 1 amide bonds. The van der Waals surface area contributed by atoms with Crippen LogP contribution >= 0.6 is 0 Å². The maximum Gasteiger partial charge on any atom is 0.258 e. The van der Waals surface area contributed by atoms with E-state index in [9.17, 15) is 14.9 Å². The number of carbonyl (C=O) groups is 2. The average Bonchev–Trinajstić information content (AvgIpc) is 3.38. The maximum atomic E-state index is 13.7. The van der Waals surface area contributed by atoms with Gasteiger partial charge in [0, 0.05) is 17.7 Å². The fourth-order valence-electron chi connectivity index (χ4n) is 5.23. The number of carbonyl (C=O) groups excluding carboxylic acids is 2. The maximum absolute atomic E-state index is 13.7. The van der Waals surface area contributed by atoms with Gasteiger partial charge < -0.3 is 9.73 Å². The van der Waals surface area contributed by atoms with Crippen molar-refractivity contribution in [2.75, 3.05) is 4.90 Å². The second kappa shape index (κ2) is 7.35. The van der Waals surface area contributed by atoms with Gasteiger partial charge in [-0.3, -0.25) is 14.5 Å². The third kappa shape index (κ3) is 2.86. The molecule has 1 aliphatic carbocycles. The van der Waals surface area contributed by atoms with Gasteiger partial charge in [-0.1, -0.05) is 42.5 Å². The van der Waals surface area contributed by atoms with Crippen LogP contribution in [0.25, 0.3) is 0 Å². The number of amides is 1. The Labute approximate surface area is 190 Å². The molecule has 6 nitrogen and oxygen atoms in total. The number of anilines is 1. The van der Waals surface area contributed by atoms with Crippen molar-refractivity contribution >= 4 is 17.4 Å². The molecule has 0 saturated heterocycles. The van der Waals surface area contributed by atoms with Crippen LogP contribution in [0.2, 0.25) is 0 Å². The van der Waals surface area contributed by atoms with E-state index in [2.05, 4.69) is 11.4 Å². The van der Waals surface area contributed by atoms with E-state index in [1.807, 2.05) is 53.4 Å². The van der Waals surface area contributed by atoms with E-state index < -0.39 is 5.92 Å². The SMILES string of the molecule is N#CC1=C2NC(=O)c3ccccc3N2C2=C(C(=O)C[C@@H](c3ccccc3)C2)[C@@H]1c1ccco1. The Morgan fingerprint density at radius 1 is 0.970 bits per heavy atom. The first-order chi connectivity index (χ1) is 16.2. The summed E-state index contributed by atoms with van der Waals surface area (Å²) in [6.45, 7) is 0. The lowest BCUT2D eigenvalue weighted by atomic mass is 9.73. The fraction of sp³-hybridized carbons (Fsp3) is 0.148. The van der Waals surface area contributed by atoms with Crippen LogP contribution < -0.4 is 10.2 Å². The Morgan fingerprint density at radius 3 is 2.52 bits per heavy atom. The second-order valence-corrected chi connectivity index (χ2v) is 8.43. The van der Waals surface area contributed by atoms with Crippen molar-refractivity contribution in [1.29, 1.82) is 5.26 Å². The van der Waals surface area contributed by atoms with Crippen molar-refractivity contribution in [1.82, 2.24) is 5.32 Å². The summed E-state index contributed by atoms with van der Waals surface area (Å²) in [5.41, 5.74) is 3.97. The Morgan fingerprint density at radius 2 is 1.76 bits per heavy atom. The van der Waals surface area contributed by atoms with Gasteiger partial charge in [0.15, 0.2) is 5.78 Å². The molecule has 0 fully saturated rings. The number of rotatable bonds is 2. The number of nitriles is 1. The summed E-state index contributed by atoms with van der Waals surface area (Å²) in [5, 5.41) is 13.1. The minimum absolute atomic E-state index is 0.00405. The smallest absolute Gasteiger partial charge is 0.258 e. The van der Waals surface area contributed by atoms with E-state index in [0.717, 1.165) is 11.3 Å². The van der Waals surface area contributed by atoms with Gasteiger partial charge in [-0.2, -0.15) is 5.26 Å². The highest BCUT2D eigenvalue weighted by molar-refractivity contribution is 6.07. The molecule has 0 saturated carbocycles. The van der Waals surface area contributed by atoms with Crippen LogP contribution in [0, 0.1) is 11.3 Å². The molecule has 1 N–H and O–H groups in total. The topological polar surface area (TPSA) is 86.3 Å². The zero-order chi connectivity index (χ0) is 22.5. The van der Waals surface area contributed by atoms with Crippen molar-refractivity contribution in [2.45, 2.75) is 24.7 Å². The highest BCUT2D eigenvalue weighted by atomic mass is 16.3. The zero-order valence-electron chi connectivity index (χ0n) is 17.6. The lowest BCUT2D eigenvalue weighted by molar-refractivity contribution is -0.116. The van der Waals surface area contributed by atoms with Gasteiger partial charge in [-0.15, -0.1) is 0 Å². The Balaban J connectivity index is 1.61. The minimum Gasteiger partial charge on any atom is -0.468 e. The second-order valence-electron chi connectivity index (χ2n) is 8.43. The fourth-order valence-corrected chi connectivity index (χ4v) is 5.23. The van der Waals surface area contributed by atoms with Gasteiger partial charge in [-0.05, 0) is 42.2 Å².